The van der Waals surface area contributed by atoms with E-state index in [0.717, 1.165) is 0 Å². The van der Waals surface area contributed by atoms with Gasteiger partial charge in [0.15, 0.2) is 0 Å². The van der Waals surface area contributed by atoms with Crippen LogP contribution in [0.3, 0.4) is 0 Å². The lowest BCUT2D eigenvalue weighted by Crippen LogP contribution is -2.46. The number of carbonyl (C=O) groups excluding carboxylic acids is 1. The van der Waals surface area contributed by atoms with E-state index < -0.39 is 11.9 Å². The standard InChI is InChI=1S/C9H21N5O/c1-5(2)7(8(10)15)13-9(14-11)12-6(3)4/h5-7H,11H2,1-4H3,(H2,10,15)(H2,12,13,14). The number of amides is 1. The molecular weight excluding hydrogens is 194 g/mol. The molecule has 1 amide bonds. The van der Waals surface area contributed by atoms with Crippen molar-refractivity contribution in [2.75, 3.05) is 0 Å². The van der Waals surface area contributed by atoms with E-state index in [0.29, 0.717) is 5.96 Å². The van der Waals surface area contributed by atoms with Crippen molar-refractivity contribution in [1.82, 2.24) is 10.7 Å². The van der Waals surface area contributed by atoms with Gasteiger partial charge in [0.1, 0.15) is 6.04 Å². The van der Waals surface area contributed by atoms with E-state index in [1.54, 1.807) is 0 Å². The predicted molar refractivity (Wildman–Crippen MR) is 60.9 cm³/mol. The number of nitrogens with zero attached hydrogens (tertiary/aromatic N) is 1. The van der Waals surface area contributed by atoms with E-state index in [1.165, 1.54) is 0 Å². The van der Waals surface area contributed by atoms with Crippen LogP contribution < -0.4 is 22.3 Å². The second kappa shape index (κ2) is 6.23. The van der Waals surface area contributed by atoms with E-state index in [-0.39, 0.29) is 12.0 Å². The van der Waals surface area contributed by atoms with Crippen LogP contribution in [0.15, 0.2) is 4.99 Å². The maximum absolute atomic E-state index is 11.1. The summed E-state index contributed by atoms with van der Waals surface area (Å²) in [7, 11) is 0. The third-order valence-corrected chi connectivity index (χ3v) is 1.75. The van der Waals surface area contributed by atoms with Crippen LogP contribution in [0.1, 0.15) is 27.7 Å². The first-order valence-electron chi connectivity index (χ1n) is 4.98. The second-order valence-electron chi connectivity index (χ2n) is 4.01. The van der Waals surface area contributed by atoms with Crippen LogP contribution in [0.25, 0.3) is 0 Å². The zero-order valence-corrected chi connectivity index (χ0v) is 9.74. The summed E-state index contributed by atoms with van der Waals surface area (Å²) in [5.74, 6) is 5.24. The van der Waals surface area contributed by atoms with E-state index in [1.807, 2.05) is 27.7 Å². The summed E-state index contributed by atoms with van der Waals surface area (Å²) in [5.41, 5.74) is 7.63. The van der Waals surface area contributed by atoms with Crippen molar-refractivity contribution in [3.8, 4) is 0 Å². The van der Waals surface area contributed by atoms with Gasteiger partial charge in [-0.05, 0) is 19.8 Å². The largest absolute Gasteiger partial charge is 0.368 e. The van der Waals surface area contributed by atoms with E-state index >= 15 is 0 Å². The topological polar surface area (TPSA) is 106 Å². The number of hydrazine groups is 1. The predicted octanol–water partition coefficient (Wildman–Crippen LogP) is -0.686. The quantitative estimate of drug-likeness (QED) is 0.216. The number of carbonyl (C=O) groups is 1. The molecule has 6 heteroatoms. The Bertz CT molecular complexity index is 237. The molecule has 0 aliphatic carbocycles. The lowest BCUT2D eigenvalue weighted by atomic mass is 10.1. The van der Waals surface area contributed by atoms with E-state index in [2.05, 4.69) is 15.7 Å². The molecule has 0 fully saturated rings. The highest BCUT2D eigenvalue weighted by Gasteiger charge is 2.19. The van der Waals surface area contributed by atoms with Crippen molar-refractivity contribution in [2.45, 2.75) is 39.8 Å². The molecule has 15 heavy (non-hydrogen) atoms. The van der Waals surface area contributed by atoms with Crippen LogP contribution >= 0.6 is 0 Å². The Hall–Kier alpha value is -1.30. The van der Waals surface area contributed by atoms with Gasteiger partial charge in [-0.15, -0.1) is 0 Å². The number of hydrogen-bond acceptors (Lipinski definition) is 3. The summed E-state index contributed by atoms with van der Waals surface area (Å²) in [6.07, 6.45) is 0. The molecule has 1 unspecified atom stereocenters. The minimum absolute atomic E-state index is 0.0415. The fourth-order valence-electron chi connectivity index (χ4n) is 1.07. The molecule has 88 valence electrons. The molecule has 0 bridgehead atoms. The molecule has 0 spiro atoms. The molecule has 0 rings (SSSR count). The highest BCUT2D eigenvalue weighted by Crippen LogP contribution is 2.05. The van der Waals surface area contributed by atoms with Gasteiger partial charge in [-0.2, -0.15) is 0 Å². The Balaban J connectivity index is 4.68. The number of nitrogens with two attached hydrogens (primary N) is 2. The zero-order chi connectivity index (χ0) is 12.0. The molecule has 0 aromatic heterocycles. The maximum atomic E-state index is 11.1. The smallest absolute Gasteiger partial charge is 0.242 e. The van der Waals surface area contributed by atoms with Crippen molar-refractivity contribution < 1.29 is 4.79 Å². The average Bonchev–Trinajstić information content (AvgIpc) is 2.10. The summed E-state index contributed by atoms with van der Waals surface area (Å²) in [6, 6.07) is -0.386. The molecule has 0 heterocycles. The van der Waals surface area contributed by atoms with Crippen LogP contribution in [0.2, 0.25) is 0 Å². The third kappa shape index (κ3) is 5.21. The lowest BCUT2D eigenvalue weighted by molar-refractivity contribution is -0.120. The number of guanidine groups is 1. The Kier molecular flexibility index (Phi) is 5.69. The molecule has 0 aliphatic heterocycles. The minimum atomic E-state index is -0.567. The van der Waals surface area contributed by atoms with E-state index in [9.17, 15) is 4.79 Å². The summed E-state index contributed by atoms with van der Waals surface area (Å²) < 4.78 is 0. The molecule has 6 nitrogen and oxygen atoms in total. The van der Waals surface area contributed by atoms with Gasteiger partial charge in [0.2, 0.25) is 11.9 Å². The lowest BCUT2D eigenvalue weighted by Gasteiger charge is -2.17. The highest BCUT2D eigenvalue weighted by molar-refractivity contribution is 5.86. The summed E-state index contributed by atoms with van der Waals surface area (Å²) in [6.45, 7) is 7.65. The van der Waals surface area contributed by atoms with E-state index in [4.69, 9.17) is 11.6 Å². The summed E-state index contributed by atoms with van der Waals surface area (Å²) in [4.78, 5) is 15.2. The van der Waals surface area contributed by atoms with Crippen molar-refractivity contribution in [2.24, 2.45) is 22.5 Å². The number of rotatable bonds is 4. The van der Waals surface area contributed by atoms with Crippen LogP contribution in [-0.2, 0) is 4.79 Å². The Morgan fingerprint density at radius 1 is 1.27 bits per heavy atom. The summed E-state index contributed by atoms with van der Waals surface area (Å²) >= 11 is 0. The van der Waals surface area contributed by atoms with Crippen LogP contribution in [-0.4, -0.2) is 24.0 Å². The monoisotopic (exact) mass is 215 g/mol. The molecule has 0 aliphatic rings. The average molecular weight is 215 g/mol. The van der Waals surface area contributed by atoms with Crippen molar-refractivity contribution in [3.63, 3.8) is 0 Å². The number of hydrogen-bond donors (Lipinski definition) is 4. The van der Waals surface area contributed by atoms with Gasteiger partial charge in [-0.1, -0.05) is 13.8 Å². The Labute approximate surface area is 90.5 Å². The molecule has 0 aromatic carbocycles. The molecule has 0 aromatic rings. The Morgan fingerprint density at radius 2 is 1.80 bits per heavy atom. The first kappa shape index (κ1) is 13.7. The number of primary amides is 1. The summed E-state index contributed by atoms with van der Waals surface area (Å²) in [5, 5.41) is 2.98. The second-order valence-corrected chi connectivity index (χ2v) is 4.01. The molecule has 0 saturated heterocycles. The molecule has 6 N–H and O–H groups in total. The highest BCUT2D eigenvalue weighted by atomic mass is 16.1. The van der Waals surface area contributed by atoms with Gasteiger partial charge < -0.3 is 11.1 Å². The normalized spacial score (nSPS) is 14.2. The van der Waals surface area contributed by atoms with Gasteiger partial charge >= 0.3 is 0 Å². The number of aliphatic imine (C=N–C) groups is 1. The Morgan fingerprint density at radius 3 is 2.07 bits per heavy atom. The maximum Gasteiger partial charge on any atom is 0.242 e. The van der Waals surface area contributed by atoms with Gasteiger partial charge in [0.25, 0.3) is 0 Å². The van der Waals surface area contributed by atoms with Crippen LogP contribution in [0.4, 0.5) is 0 Å². The first-order valence-corrected chi connectivity index (χ1v) is 4.98. The van der Waals surface area contributed by atoms with Gasteiger partial charge in [-0.25, -0.2) is 10.8 Å². The van der Waals surface area contributed by atoms with Crippen molar-refractivity contribution in [1.29, 1.82) is 0 Å². The van der Waals surface area contributed by atoms with Crippen LogP contribution in [0.5, 0.6) is 0 Å². The minimum Gasteiger partial charge on any atom is -0.368 e. The molecule has 0 radical (unpaired) electrons. The van der Waals surface area contributed by atoms with Gasteiger partial charge in [0.05, 0.1) is 0 Å². The zero-order valence-electron chi connectivity index (χ0n) is 9.74. The van der Waals surface area contributed by atoms with Crippen LogP contribution in [0, 0.1) is 5.92 Å². The first-order chi connectivity index (χ1) is 6.88. The fourth-order valence-corrected chi connectivity index (χ4v) is 1.07. The molecular formula is C9H21N5O. The molecule has 0 saturated carbocycles. The molecule has 1 atom stereocenters. The SMILES string of the molecule is CC(C)NC(=NC(C(N)=O)C(C)C)NN. The van der Waals surface area contributed by atoms with Crippen molar-refractivity contribution in [3.05, 3.63) is 0 Å². The van der Waals surface area contributed by atoms with Crippen molar-refractivity contribution >= 4 is 11.9 Å². The van der Waals surface area contributed by atoms with Gasteiger partial charge in [-0.3, -0.25) is 10.2 Å². The third-order valence-electron chi connectivity index (χ3n) is 1.75. The number of nitrogens with one attached hydrogen (secondary N) is 2. The van der Waals surface area contributed by atoms with Gasteiger partial charge in [0, 0.05) is 6.04 Å². The fraction of sp³-hybridized carbons (Fsp3) is 0.778.